The summed E-state index contributed by atoms with van der Waals surface area (Å²) in [6.07, 6.45) is 7.21. The van der Waals surface area contributed by atoms with E-state index in [-0.39, 0.29) is 0 Å². The van der Waals surface area contributed by atoms with Crippen molar-refractivity contribution in [2.24, 2.45) is 0 Å². The van der Waals surface area contributed by atoms with Gasteiger partial charge in [-0.1, -0.05) is 22.4 Å². The molecule has 1 aromatic carbocycles. The number of quaternary nitrogens is 2. The van der Waals surface area contributed by atoms with Gasteiger partial charge in [-0.05, 0) is 43.9 Å². The van der Waals surface area contributed by atoms with Crippen LogP contribution >= 0.6 is 15.9 Å². The van der Waals surface area contributed by atoms with Crippen LogP contribution in [0, 0.1) is 0 Å². The van der Waals surface area contributed by atoms with Crippen LogP contribution in [0.15, 0.2) is 22.7 Å². The van der Waals surface area contributed by atoms with Crippen LogP contribution in [0.1, 0.15) is 37.7 Å². The van der Waals surface area contributed by atoms with Gasteiger partial charge < -0.3 is 14.9 Å². The smallest absolute Gasteiger partial charge is 0.127 e. The molecule has 1 saturated heterocycles. The van der Waals surface area contributed by atoms with Crippen molar-refractivity contribution >= 4 is 15.9 Å². The van der Waals surface area contributed by atoms with E-state index in [2.05, 4.69) is 22.0 Å². The molecule has 3 N–H and O–H groups in total. The van der Waals surface area contributed by atoms with Crippen molar-refractivity contribution in [1.82, 2.24) is 0 Å². The molecule has 0 bridgehead atoms. The maximum Gasteiger partial charge on any atom is 0.127 e. The molecule has 3 nitrogen and oxygen atoms in total. The Bertz CT molecular complexity index is 466. The summed E-state index contributed by atoms with van der Waals surface area (Å²) >= 11 is 3.50. The van der Waals surface area contributed by atoms with Crippen molar-refractivity contribution in [3.05, 3.63) is 28.2 Å². The predicted molar refractivity (Wildman–Crippen MR) is 87.8 cm³/mol. The third-order valence-electron chi connectivity index (χ3n) is 5.26. The summed E-state index contributed by atoms with van der Waals surface area (Å²) in [5.74, 6) is 0.438. The van der Waals surface area contributed by atoms with Gasteiger partial charge in [0.25, 0.3) is 0 Å². The minimum absolute atomic E-state index is 0.438. The van der Waals surface area contributed by atoms with Gasteiger partial charge in [-0.3, -0.25) is 0 Å². The van der Waals surface area contributed by atoms with Crippen LogP contribution in [0.4, 0.5) is 0 Å². The molecule has 1 saturated carbocycles. The number of phenols is 1. The lowest BCUT2D eigenvalue weighted by molar-refractivity contribution is -1.03. The van der Waals surface area contributed by atoms with Crippen molar-refractivity contribution in [2.45, 2.75) is 44.7 Å². The molecule has 2 fully saturated rings. The van der Waals surface area contributed by atoms with Gasteiger partial charge in [0.2, 0.25) is 0 Å². The molecule has 0 spiro atoms. The number of hydrogen-bond acceptors (Lipinski definition) is 1. The average molecular weight is 355 g/mol. The SMILES string of the molecule is Oc1ccc(Br)cc1C[NH+]1CC[NH+](C2CCCCC2)CC1. The number of aromatic hydroxyl groups is 1. The topological polar surface area (TPSA) is 29.1 Å². The van der Waals surface area contributed by atoms with E-state index < -0.39 is 0 Å². The number of hydrogen-bond donors (Lipinski definition) is 3. The summed E-state index contributed by atoms with van der Waals surface area (Å²) in [7, 11) is 0. The van der Waals surface area contributed by atoms with Crippen LogP contribution in [-0.2, 0) is 6.54 Å². The predicted octanol–water partition coefficient (Wildman–Crippen LogP) is 0.771. The van der Waals surface area contributed by atoms with Gasteiger partial charge in [-0.15, -0.1) is 0 Å². The number of halogens is 1. The first-order valence-electron chi connectivity index (χ1n) is 8.38. The highest BCUT2D eigenvalue weighted by Crippen LogP contribution is 2.21. The number of rotatable bonds is 3. The van der Waals surface area contributed by atoms with Crippen molar-refractivity contribution in [3.8, 4) is 5.75 Å². The molecule has 2 aliphatic rings. The van der Waals surface area contributed by atoms with Crippen molar-refractivity contribution in [3.63, 3.8) is 0 Å². The van der Waals surface area contributed by atoms with Gasteiger partial charge in [0.1, 0.15) is 38.5 Å². The third kappa shape index (κ3) is 3.99. The Kier molecular flexibility index (Phi) is 5.19. The monoisotopic (exact) mass is 354 g/mol. The summed E-state index contributed by atoms with van der Waals surface area (Å²) in [4.78, 5) is 3.46. The molecule has 3 rings (SSSR count). The van der Waals surface area contributed by atoms with Gasteiger partial charge >= 0.3 is 0 Å². The summed E-state index contributed by atoms with van der Waals surface area (Å²) in [5.41, 5.74) is 1.07. The van der Waals surface area contributed by atoms with E-state index >= 15 is 0 Å². The second-order valence-corrected chi connectivity index (χ2v) is 7.61. The normalized spacial score (nSPS) is 27.7. The highest BCUT2D eigenvalue weighted by molar-refractivity contribution is 9.10. The second kappa shape index (κ2) is 7.12. The molecule has 1 aliphatic heterocycles. The van der Waals surface area contributed by atoms with Gasteiger partial charge in [-0.2, -0.15) is 0 Å². The molecule has 0 radical (unpaired) electrons. The zero-order valence-corrected chi connectivity index (χ0v) is 14.3. The van der Waals surface area contributed by atoms with Crippen LogP contribution in [0.2, 0.25) is 0 Å². The summed E-state index contributed by atoms with van der Waals surface area (Å²) < 4.78 is 1.06. The zero-order valence-electron chi connectivity index (χ0n) is 12.7. The van der Waals surface area contributed by atoms with E-state index in [4.69, 9.17) is 0 Å². The van der Waals surface area contributed by atoms with E-state index in [1.165, 1.54) is 58.3 Å². The highest BCUT2D eigenvalue weighted by atomic mass is 79.9. The minimum atomic E-state index is 0.438. The van der Waals surface area contributed by atoms with Gasteiger partial charge in [0.15, 0.2) is 0 Å². The third-order valence-corrected chi connectivity index (χ3v) is 5.76. The Morgan fingerprint density at radius 3 is 2.48 bits per heavy atom. The summed E-state index contributed by atoms with van der Waals surface area (Å²) in [5, 5.41) is 9.98. The van der Waals surface area contributed by atoms with Crippen molar-refractivity contribution in [1.29, 1.82) is 0 Å². The Morgan fingerprint density at radius 2 is 1.76 bits per heavy atom. The number of benzene rings is 1. The largest absolute Gasteiger partial charge is 0.507 e. The Balaban J connectivity index is 1.52. The van der Waals surface area contributed by atoms with E-state index in [1.807, 2.05) is 11.0 Å². The fraction of sp³-hybridized carbons (Fsp3) is 0.647. The molecule has 0 amide bonds. The van der Waals surface area contributed by atoms with Gasteiger partial charge in [0.05, 0.1) is 6.04 Å². The fourth-order valence-electron chi connectivity index (χ4n) is 3.99. The Hall–Kier alpha value is -0.580. The minimum Gasteiger partial charge on any atom is -0.507 e. The average Bonchev–Trinajstić information content (AvgIpc) is 2.53. The molecular weight excluding hydrogens is 328 g/mol. The van der Waals surface area contributed by atoms with Crippen molar-refractivity contribution in [2.75, 3.05) is 26.2 Å². The van der Waals surface area contributed by atoms with E-state index in [0.717, 1.165) is 22.6 Å². The number of nitrogens with one attached hydrogen (secondary N) is 2. The highest BCUT2D eigenvalue weighted by Gasteiger charge is 2.30. The lowest BCUT2D eigenvalue weighted by Gasteiger charge is -2.36. The standard InChI is InChI=1S/C17H25BrN2O/c18-15-6-7-17(21)14(12-15)13-19-8-10-20(11-9-19)16-4-2-1-3-5-16/h6-7,12,16,21H,1-5,8-11,13H2/p+2. The van der Waals surface area contributed by atoms with E-state index in [0.29, 0.717) is 5.75 Å². The molecule has 1 aliphatic carbocycles. The number of piperazine rings is 1. The fourth-order valence-corrected chi connectivity index (χ4v) is 4.39. The van der Waals surface area contributed by atoms with Crippen molar-refractivity contribution < 1.29 is 14.9 Å². The maximum absolute atomic E-state index is 9.98. The van der Waals surface area contributed by atoms with Crippen LogP contribution in [0.25, 0.3) is 0 Å². The first-order valence-corrected chi connectivity index (χ1v) is 9.17. The summed E-state index contributed by atoms with van der Waals surface area (Å²) in [6.45, 7) is 6.02. The lowest BCUT2D eigenvalue weighted by atomic mass is 9.94. The Morgan fingerprint density at radius 1 is 1.05 bits per heavy atom. The maximum atomic E-state index is 9.98. The first-order chi connectivity index (χ1) is 10.2. The van der Waals surface area contributed by atoms with E-state index in [9.17, 15) is 5.11 Å². The molecular formula is C17H27BrN2O+2. The number of phenolic OH excluding ortho intramolecular Hbond substituents is 1. The second-order valence-electron chi connectivity index (χ2n) is 6.69. The van der Waals surface area contributed by atoms with Gasteiger partial charge in [0, 0.05) is 10.0 Å². The quantitative estimate of drug-likeness (QED) is 0.735. The van der Waals surface area contributed by atoms with E-state index in [1.54, 1.807) is 11.0 Å². The molecule has 0 aromatic heterocycles. The molecule has 116 valence electrons. The molecule has 1 aromatic rings. The molecule has 4 heteroatoms. The molecule has 1 heterocycles. The van der Waals surface area contributed by atoms with Gasteiger partial charge in [-0.25, -0.2) is 0 Å². The van der Waals surface area contributed by atoms with Crippen LogP contribution in [-0.4, -0.2) is 37.3 Å². The lowest BCUT2D eigenvalue weighted by Crippen LogP contribution is -3.29. The van der Waals surface area contributed by atoms with Crippen LogP contribution in [0.3, 0.4) is 0 Å². The molecule has 0 atom stereocenters. The Labute approximate surface area is 136 Å². The zero-order chi connectivity index (χ0) is 14.7. The summed E-state index contributed by atoms with van der Waals surface area (Å²) in [6, 6.07) is 6.68. The van der Waals surface area contributed by atoms with Crippen LogP contribution in [0.5, 0.6) is 5.75 Å². The molecule has 21 heavy (non-hydrogen) atoms. The van der Waals surface area contributed by atoms with Crippen LogP contribution < -0.4 is 9.80 Å². The first kappa shape index (κ1) is 15.3. The molecule has 0 unspecified atom stereocenters.